The van der Waals surface area contributed by atoms with E-state index < -0.39 is 0 Å². The lowest BCUT2D eigenvalue weighted by Gasteiger charge is -2.17. The zero-order valence-corrected chi connectivity index (χ0v) is 14.0. The molecule has 3 rings (SSSR count). The Morgan fingerprint density at radius 3 is 2.05 bits per heavy atom. The molecule has 1 N–H and O–H groups in total. The van der Waals surface area contributed by atoms with Gasteiger partial charge in [-0.3, -0.25) is 0 Å². The van der Waals surface area contributed by atoms with Gasteiger partial charge in [-0.05, 0) is 51.7 Å². The van der Waals surface area contributed by atoms with Crippen molar-refractivity contribution in [3.63, 3.8) is 0 Å². The number of hydrogen-bond donors (Lipinski definition) is 1. The van der Waals surface area contributed by atoms with Gasteiger partial charge >= 0.3 is 0 Å². The minimum absolute atomic E-state index is 0.264. The Hall–Kier alpha value is -2.06. The van der Waals surface area contributed by atoms with E-state index in [1.807, 2.05) is 12.1 Å². The molecule has 0 aliphatic rings. The minimum atomic E-state index is 0.264. The van der Waals surface area contributed by atoms with E-state index in [9.17, 15) is 0 Å². The van der Waals surface area contributed by atoms with Gasteiger partial charge in [0.2, 0.25) is 0 Å². The molecule has 0 spiro atoms. The van der Waals surface area contributed by atoms with Crippen LogP contribution in [-0.2, 0) is 0 Å². The Morgan fingerprint density at radius 1 is 0.773 bits per heavy atom. The normalized spacial score (nSPS) is 11.9. The van der Waals surface area contributed by atoms with Crippen molar-refractivity contribution < 1.29 is 0 Å². The molecule has 0 saturated heterocycles. The molecular weight excluding hydrogens is 334 g/mol. The highest BCUT2D eigenvalue weighted by atomic mass is 79.9. The molecule has 0 aliphatic carbocycles. The number of rotatable bonds is 4. The first-order valence-corrected chi connectivity index (χ1v) is 8.20. The molecule has 0 bridgehead atoms. The van der Waals surface area contributed by atoms with Crippen molar-refractivity contribution in [2.75, 3.05) is 5.32 Å². The van der Waals surface area contributed by atoms with Gasteiger partial charge in [0.05, 0.1) is 0 Å². The predicted octanol–water partition coefficient (Wildman–Crippen LogP) is 6.29. The summed E-state index contributed by atoms with van der Waals surface area (Å²) in [7, 11) is 0. The topological polar surface area (TPSA) is 12.0 Å². The standard InChI is InChI=1S/C20H18BrN/c1-15(16-8-4-2-5-9-16)22-20-13-12-18(14-19(20)21)17-10-6-3-7-11-17/h2-15,22H,1H3. The van der Waals surface area contributed by atoms with E-state index in [0.29, 0.717) is 0 Å². The molecule has 0 amide bonds. The van der Waals surface area contributed by atoms with Gasteiger partial charge < -0.3 is 5.32 Å². The fraction of sp³-hybridized carbons (Fsp3) is 0.100. The van der Waals surface area contributed by atoms with Gasteiger partial charge in [0.1, 0.15) is 0 Å². The monoisotopic (exact) mass is 351 g/mol. The summed E-state index contributed by atoms with van der Waals surface area (Å²) in [5, 5.41) is 3.56. The molecule has 110 valence electrons. The largest absolute Gasteiger partial charge is 0.378 e. The van der Waals surface area contributed by atoms with E-state index in [1.165, 1.54) is 16.7 Å². The molecule has 0 aliphatic heterocycles. The molecule has 0 heterocycles. The van der Waals surface area contributed by atoms with Gasteiger partial charge in [0.15, 0.2) is 0 Å². The Balaban J connectivity index is 1.81. The number of nitrogens with one attached hydrogen (secondary N) is 1. The van der Waals surface area contributed by atoms with E-state index in [1.54, 1.807) is 0 Å². The van der Waals surface area contributed by atoms with Crippen LogP contribution < -0.4 is 5.32 Å². The van der Waals surface area contributed by atoms with Gasteiger partial charge in [-0.15, -0.1) is 0 Å². The van der Waals surface area contributed by atoms with Crippen molar-refractivity contribution in [1.29, 1.82) is 0 Å². The third-order valence-electron chi connectivity index (χ3n) is 3.75. The van der Waals surface area contributed by atoms with Crippen LogP contribution in [0, 0.1) is 0 Å². The van der Waals surface area contributed by atoms with Crippen LogP contribution in [0.2, 0.25) is 0 Å². The van der Waals surface area contributed by atoms with Gasteiger partial charge in [0.25, 0.3) is 0 Å². The molecule has 1 nitrogen and oxygen atoms in total. The molecule has 0 aromatic heterocycles. The van der Waals surface area contributed by atoms with Crippen LogP contribution in [-0.4, -0.2) is 0 Å². The van der Waals surface area contributed by atoms with Crippen molar-refractivity contribution in [2.45, 2.75) is 13.0 Å². The smallest absolute Gasteiger partial charge is 0.0489 e. The SMILES string of the molecule is CC(Nc1ccc(-c2ccccc2)cc1Br)c1ccccc1. The van der Waals surface area contributed by atoms with E-state index in [0.717, 1.165) is 10.2 Å². The van der Waals surface area contributed by atoms with Crippen LogP contribution in [0.25, 0.3) is 11.1 Å². The lowest BCUT2D eigenvalue weighted by molar-refractivity contribution is 0.884. The summed E-state index contributed by atoms with van der Waals surface area (Å²) >= 11 is 3.68. The van der Waals surface area contributed by atoms with Gasteiger partial charge in [0, 0.05) is 16.2 Å². The molecule has 1 unspecified atom stereocenters. The van der Waals surface area contributed by atoms with Gasteiger partial charge in [-0.25, -0.2) is 0 Å². The Kier molecular flexibility index (Phi) is 4.59. The molecule has 2 heteroatoms. The summed E-state index contributed by atoms with van der Waals surface area (Å²) < 4.78 is 1.08. The van der Waals surface area contributed by atoms with Crippen molar-refractivity contribution in [2.24, 2.45) is 0 Å². The number of benzene rings is 3. The maximum Gasteiger partial charge on any atom is 0.0489 e. The second-order valence-corrected chi connectivity index (χ2v) is 6.19. The molecule has 0 fully saturated rings. The third kappa shape index (κ3) is 3.40. The highest BCUT2D eigenvalue weighted by Gasteiger charge is 2.08. The van der Waals surface area contributed by atoms with E-state index in [-0.39, 0.29) is 6.04 Å². The highest BCUT2D eigenvalue weighted by Crippen LogP contribution is 2.31. The zero-order valence-electron chi connectivity index (χ0n) is 12.5. The van der Waals surface area contributed by atoms with Crippen LogP contribution >= 0.6 is 15.9 Å². The minimum Gasteiger partial charge on any atom is -0.378 e. The molecule has 3 aromatic carbocycles. The van der Waals surface area contributed by atoms with Crippen molar-refractivity contribution >= 4 is 21.6 Å². The molecule has 1 atom stereocenters. The average molecular weight is 352 g/mol. The van der Waals surface area contributed by atoms with E-state index in [2.05, 4.69) is 94.9 Å². The summed E-state index contributed by atoms with van der Waals surface area (Å²) in [6.45, 7) is 2.17. The van der Waals surface area contributed by atoms with Gasteiger partial charge in [-0.2, -0.15) is 0 Å². The average Bonchev–Trinajstić information content (AvgIpc) is 2.58. The highest BCUT2D eigenvalue weighted by molar-refractivity contribution is 9.10. The number of anilines is 1. The second kappa shape index (κ2) is 6.80. The Morgan fingerprint density at radius 2 is 1.41 bits per heavy atom. The lowest BCUT2D eigenvalue weighted by atomic mass is 10.0. The summed E-state index contributed by atoms with van der Waals surface area (Å²) in [4.78, 5) is 0. The first-order valence-electron chi connectivity index (χ1n) is 7.40. The second-order valence-electron chi connectivity index (χ2n) is 5.34. The summed E-state index contributed by atoms with van der Waals surface area (Å²) in [5.41, 5.74) is 4.83. The van der Waals surface area contributed by atoms with Crippen molar-refractivity contribution in [3.8, 4) is 11.1 Å². The number of hydrogen-bond acceptors (Lipinski definition) is 1. The van der Waals surface area contributed by atoms with Gasteiger partial charge in [-0.1, -0.05) is 66.7 Å². The van der Waals surface area contributed by atoms with Crippen LogP contribution in [0.5, 0.6) is 0 Å². The summed E-state index contributed by atoms with van der Waals surface area (Å²) in [6, 6.07) is 27.6. The van der Waals surface area contributed by atoms with Crippen LogP contribution in [0.4, 0.5) is 5.69 Å². The Bertz CT molecular complexity index is 738. The van der Waals surface area contributed by atoms with E-state index in [4.69, 9.17) is 0 Å². The maximum atomic E-state index is 3.68. The quantitative estimate of drug-likeness (QED) is 0.582. The van der Waals surface area contributed by atoms with Crippen LogP contribution in [0.15, 0.2) is 83.3 Å². The Labute approximate surface area is 140 Å². The molecule has 0 radical (unpaired) electrons. The fourth-order valence-electron chi connectivity index (χ4n) is 2.50. The third-order valence-corrected chi connectivity index (χ3v) is 4.40. The van der Waals surface area contributed by atoms with Crippen molar-refractivity contribution in [3.05, 3.63) is 88.9 Å². The lowest BCUT2D eigenvalue weighted by Crippen LogP contribution is -2.06. The summed E-state index contributed by atoms with van der Waals surface area (Å²) in [5.74, 6) is 0. The molecular formula is C20H18BrN. The molecule has 22 heavy (non-hydrogen) atoms. The van der Waals surface area contributed by atoms with Crippen LogP contribution in [0.1, 0.15) is 18.5 Å². The van der Waals surface area contributed by atoms with E-state index >= 15 is 0 Å². The van der Waals surface area contributed by atoms with Crippen molar-refractivity contribution in [1.82, 2.24) is 0 Å². The van der Waals surface area contributed by atoms with Crippen LogP contribution in [0.3, 0.4) is 0 Å². The first kappa shape index (κ1) is 14.9. The number of halogens is 1. The summed E-state index contributed by atoms with van der Waals surface area (Å²) in [6.07, 6.45) is 0. The zero-order chi connectivity index (χ0) is 15.4. The molecule has 3 aromatic rings. The predicted molar refractivity (Wildman–Crippen MR) is 98.1 cm³/mol. The fourth-order valence-corrected chi connectivity index (χ4v) is 2.99. The maximum absolute atomic E-state index is 3.68. The first-order chi connectivity index (χ1) is 10.7. The molecule has 0 saturated carbocycles.